The van der Waals surface area contributed by atoms with Gasteiger partial charge in [-0.15, -0.1) is 0 Å². The molecule has 0 aliphatic carbocycles. The summed E-state index contributed by atoms with van der Waals surface area (Å²) in [5.74, 6) is 0. The minimum absolute atomic E-state index is 0.640. The van der Waals surface area contributed by atoms with Crippen LogP contribution in [-0.4, -0.2) is 6.61 Å². The van der Waals surface area contributed by atoms with Crippen LogP contribution in [0.2, 0.25) is 0 Å². The van der Waals surface area contributed by atoms with Crippen molar-refractivity contribution < 1.29 is 4.74 Å². The molecular weight excluding hydrogens is 336 g/mol. The lowest BCUT2D eigenvalue weighted by atomic mass is 10.0. The van der Waals surface area contributed by atoms with Gasteiger partial charge in [-0.05, 0) is 47.2 Å². The molecule has 0 aliphatic rings. The third kappa shape index (κ3) is 4.86. The molecule has 0 spiro atoms. The lowest BCUT2D eigenvalue weighted by Gasteiger charge is -2.05. The Morgan fingerprint density at radius 3 is 2.08 bits per heavy atom. The zero-order chi connectivity index (χ0) is 18.2. The van der Waals surface area contributed by atoms with E-state index in [4.69, 9.17) is 4.74 Å². The number of aryl methyl sites for hydroxylation is 1. The number of hydrogen-bond donors (Lipinski definition) is 0. The maximum atomic E-state index is 5.77. The molecule has 0 bridgehead atoms. The Hall–Kier alpha value is -2.32. The average Bonchev–Trinajstić information content (AvgIpc) is 3.15. The minimum atomic E-state index is 0.640. The second-order valence-electron chi connectivity index (χ2n) is 6.33. The van der Waals surface area contributed by atoms with Gasteiger partial charge in [-0.2, -0.15) is 0 Å². The van der Waals surface area contributed by atoms with E-state index in [-0.39, 0.29) is 0 Å². The number of benzene rings is 2. The molecule has 0 N–H and O–H groups in total. The van der Waals surface area contributed by atoms with E-state index in [1.165, 1.54) is 33.6 Å². The normalized spacial score (nSPS) is 11.2. The molecule has 2 aromatic carbocycles. The van der Waals surface area contributed by atoms with Gasteiger partial charge < -0.3 is 4.74 Å². The fourth-order valence-corrected chi connectivity index (χ4v) is 3.77. The van der Waals surface area contributed by atoms with Crippen LogP contribution in [0.4, 0.5) is 0 Å². The molecule has 1 aromatic heterocycles. The van der Waals surface area contributed by atoms with Crippen molar-refractivity contribution >= 4 is 11.3 Å². The summed E-state index contributed by atoms with van der Waals surface area (Å²) < 4.78 is 5.77. The summed E-state index contributed by atoms with van der Waals surface area (Å²) in [5, 5.41) is 0.969. The first-order valence-corrected chi connectivity index (χ1v) is 10.2. The van der Waals surface area contributed by atoms with Crippen molar-refractivity contribution in [2.75, 3.05) is 6.61 Å². The molecule has 1 nitrogen and oxygen atoms in total. The summed E-state index contributed by atoms with van der Waals surface area (Å²) in [5.41, 5.74) is 5.18. The Balaban J connectivity index is 1.67. The van der Waals surface area contributed by atoms with Crippen LogP contribution in [0.15, 0.2) is 72.8 Å². The highest BCUT2D eigenvalue weighted by Gasteiger charge is 2.05. The van der Waals surface area contributed by atoms with E-state index in [1.807, 2.05) is 0 Å². The molecule has 0 atom stereocenters. The predicted octanol–water partition coefficient (Wildman–Crippen LogP) is 7.38. The first-order valence-electron chi connectivity index (χ1n) is 9.37. The lowest BCUT2D eigenvalue weighted by molar-refractivity contribution is 0.373. The van der Waals surface area contributed by atoms with E-state index in [2.05, 4.69) is 86.7 Å². The quantitative estimate of drug-likeness (QED) is 0.380. The van der Waals surface area contributed by atoms with Crippen LogP contribution in [0.3, 0.4) is 0 Å². The van der Waals surface area contributed by atoms with Crippen molar-refractivity contribution in [1.29, 1.82) is 0 Å². The van der Waals surface area contributed by atoms with Gasteiger partial charge in [0.05, 0.1) is 0 Å². The molecule has 26 heavy (non-hydrogen) atoms. The van der Waals surface area contributed by atoms with Gasteiger partial charge in [0, 0.05) is 4.88 Å². The fourth-order valence-electron chi connectivity index (χ4n) is 2.90. The molecule has 0 amide bonds. The van der Waals surface area contributed by atoms with Crippen LogP contribution in [-0.2, 0) is 6.42 Å². The number of hydrogen-bond acceptors (Lipinski definition) is 2. The van der Waals surface area contributed by atoms with Crippen molar-refractivity contribution in [3.8, 4) is 26.6 Å². The van der Waals surface area contributed by atoms with Crippen LogP contribution in [0.1, 0.15) is 32.3 Å². The molecule has 1 heterocycles. The first kappa shape index (κ1) is 18.5. The summed E-state index contributed by atoms with van der Waals surface area (Å²) in [6.45, 7) is 4.99. The minimum Gasteiger partial charge on any atom is -0.480 e. The zero-order valence-corrected chi connectivity index (χ0v) is 16.4. The second kappa shape index (κ2) is 9.40. The number of rotatable bonds is 8. The maximum Gasteiger partial charge on any atom is 0.174 e. The zero-order valence-electron chi connectivity index (χ0n) is 15.6. The molecule has 134 valence electrons. The number of ether oxygens (including phenoxy) is 1. The largest absolute Gasteiger partial charge is 0.480 e. The van der Waals surface area contributed by atoms with Gasteiger partial charge in [-0.3, -0.25) is 0 Å². The lowest BCUT2D eigenvalue weighted by Crippen LogP contribution is -1.89. The Morgan fingerprint density at radius 1 is 0.769 bits per heavy atom. The van der Waals surface area contributed by atoms with E-state index >= 15 is 0 Å². The van der Waals surface area contributed by atoms with Crippen LogP contribution in [0.5, 0.6) is 5.06 Å². The second-order valence-corrected chi connectivity index (χ2v) is 7.38. The topological polar surface area (TPSA) is 9.23 Å². The summed E-state index contributed by atoms with van der Waals surface area (Å²) in [6, 6.07) is 21.9. The van der Waals surface area contributed by atoms with Crippen LogP contribution in [0.25, 0.3) is 21.6 Å². The Morgan fingerprint density at radius 2 is 1.42 bits per heavy atom. The highest BCUT2D eigenvalue weighted by atomic mass is 32.1. The third-order valence-corrected chi connectivity index (χ3v) is 5.35. The van der Waals surface area contributed by atoms with Gasteiger partial charge >= 0.3 is 0 Å². The van der Waals surface area contributed by atoms with Crippen molar-refractivity contribution in [3.05, 3.63) is 78.4 Å². The van der Waals surface area contributed by atoms with Crippen molar-refractivity contribution in [3.63, 3.8) is 0 Å². The first-order chi connectivity index (χ1) is 12.8. The summed E-state index contributed by atoms with van der Waals surface area (Å²) in [6.07, 6.45) is 7.58. The highest BCUT2D eigenvalue weighted by Crippen LogP contribution is 2.34. The summed E-state index contributed by atoms with van der Waals surface area (Å²) in [4.78, 5) is 1.24. The van der Waals surface area contributed by atoms with Gasteiger partial charge in [0.1, 0.15) is 6.61 Å². The standard InChI is InChI=1S/C24H26OS/c1-3-5-6-18-25-24-17-16-23(26-24)22-14-12-21(13-15-22)20-10-8-19(7-4-2)9-11-20/h5-6,8-17H,3-4,7,18H2,1-2H3/b6-5+. The van der Waals surface area contributed by atoms with Gasteiger partial charge in [-0.25, -0.2) is 0 Å². The predicted molar refractivity (Wildman–Crippen MR) is 114 cm³/mol. The SMILES string of the molecule is CC/C=C/COc1ccc(-c2ccc(-c3ccc(CCC)cc3)cc2)s1. The highest BCUT2D eigenvalue weighted by molar-refractivity contribution is 7.17. The van der Waals surface area contributed by atoms with Crippen LogP contribution >= 0.6 is 11.3 Å². The molecule has 0 saturated carbocycles. The number of allylic oxidation sites excluding steroid dienone is 1. The van der Waals surface area contributed by atoms with Crippen molar-refractivity contribution in [2.24, 2.45) is 0 Å². The van der Waals surface area contributed by atoms with Crippen LogP contribution in [0, 0.1) is 0 Å². The molecule has 2 heteroatoms. The van der Waals surface area contributed by atoms with Crippen LogP contribution < -0.4 is 4.74 Å². The third-order valence-electron chi connectivity index (χ3n) is 4.30. The Bertz CT molecular complexity index is 825. The van der Waals surface area contributed by atoms with Gasteiger partial charge in [-0.1, -0.05) is 92.3 Å². The van der Waals surface area contributed by atoms with E-state index in [9.17, 15) is 0 Å². The molecule has 0 fully saturated rings. The van der Waals surface area contributed by atoms with Crippen molar-refractivity contribution in [1.82, 2.24) is 0 Å². The molecule has 0 aliphatic heterocycles. The van der Waals surface area contributed by atoms with E-state index in [1.54, 1.807) is 11.3 Å². The molecule has 0 radical (unpaired) electrons. The van der Waals surface area contributed by atoms with Crippen molar-refractivity contribution in [2.45, 2.75) is 33.1 Å². The average molecular weight is 363 g/mol. The van der Waals surface area contributed by atoms with E-state index in [0.29, 0.717) is 6.61 Å². The Kier molecular flexibility index (Phi) is 6.68. The molecular formula is C24H26OS. The monoisotopic (exact) mass is 362 g/mol. The molecule has 0 unspecified atom stereocenters. The molecule has 3 rings (SSSR count). The maximum absolute atomic E-state index is 5.77. The van der Waals surface area contributed by atoms with E-state index in [0.717, 1.165) is 17.9 Å². The summed E-state index contributed by atoms with van der Waals surface area (Å²) in [7, 11) is 0. The van der Waals surface area contributed by atoms with Gasteiger partial charge in [0.2, 0.25) is 0 Å². The van der Waals surface area contributed by atoms with E-state index < -0.39 is 0 Å². The Labute approximate surface area is 161 Å². The fraction of sp³-hybridized carbons (Fsp3) is 0.250. The van der Waals surface area contributed by atoms with Gasteiger partial charge in [0.25, 0.3) is 0 Å². The molecule has 0 saturated heterocycles. The smallest absolute Gasteiger partial charge is 0.174 e. The number of thiophene rings is 1. The van der Waals surface area contributed by atoms with Gasteiger partial charge in [0.15, 0.2) is 5.06 Å². The summed E-state index contributed by atoms with van der Waals surface area (Å²) >= 11 is 1.70. The molecule has 3 aromatic rings.